The number of carbonyl (C=O) groups is 1. The Kier molecular flexibility index (Phi) is 3.31. The van der Waals surface area contributed by atoms with Gasteiger partial charge in [0.2, 0.25) is 0 Å². The van der Waals surface area contributed by atoms with Crippen LogP contribution in [0, 0.1) is 15.5 Å². The summed E-state index contributed by atoms with van der Waals surface area (Å²) in [5, 5.41) is 11.3. The zero-order valence-electron chi connectivity index (χ0n) is 12.0. The molecule has 1 spiro atoms. The van der Waals surface area contributed by atoms with Gasteiger partial charge in [-0.1, -0.05) is 0 Å². The van der Waals surface area contributed by atoms with Crippen molar-refractivity contribution in [1.29, 1.82) is 0 Å². The van der Waals surface area contributed by atoms with Gasteiger partial charge in [-0.15, -0.1) is 0 Å². The van der Waals surface area contributed by atoms with Crippen molar-refractivity contribution in [3.8, 4) is 0 Å². The molecule has 1 aromatic carbocycles. The number of nitrogens with zero attached hydrogens (tertiary/aromatic N) is 2. The lowest BCUT2D eigenvalue weighted by molar-refractivity contribution is -0.384. The average molecular weight is 290 g/mol. The SMILES string of the molecule is COC(=O)c1ccc([N+](=O)[O-])c(N2CCCC3(CC3)C2)c1. The number of piperidine rings is 1. The molecule has 0 amide bonds. The standard InChI is InChI=1S/C15H18N2O4/c1-21-14(18)11-3-4-12(17(19)20)13(9-11)16-8-2-5-15(10-16)6-7-15/h3-4,9H,2,5-8,10H2,1H3. The molecule has 1 saturated heterocycles. The minimum absolute atomic E-state index is 0.0559. The molecule has 6 heteroatoms. The highest BCUT2D eigenvalue weighted by Gasteiger charge is 2.46. The Morgan fingerprint density at radius 1 is 1.38 bits per heavy atom. The predicted molar refractivity (Wildman–Crippen MR) is 77.5 cm³/mol. The molecule has 21 heavy (non-hydrogen) atoms. The molecule has 1 aliphatic heterocycles. The number of nitro benzene ring substituents is 1. The van der Waals surface area contributed by atoms with E-state index in [4.69, 9.17) is 4.74 Å². The van der Waals surface area contributed by atoms with E-state index in [2.05, 4.69) is 4.90 Å². The molecule has 1 heterocycles. The van der Waals surface area contributed by atoms with Crippen LogP contribution in [0.1, 0.15) is 36.0 Å². The van der Waals surface area contributed by atoms with Gasteiger partial charge in [0, 0.05) is 19.2 Å². The Labute approximate surface area is 122 Å². The van der Waals surface area contributed by atoms with Gasteiger partial charge in [-0.2, -0.15) is 0 Å². The monoisotopic (exact) mass is 290 g/mol. The molecule has 1 aliphatic carbocycles. The molecule has 0 atom stereocenters. The van der Waals surface area contributed by atoms with Crippen LogP contribution in [0.2, 0.25) is 0 Å². The molecular formula is C15H18N2O4. The minimum Gasteiger partial charge on any atom is -0.465 e. The zero-order valence-corrected chi connectivity index (χ0v) is 12.0. The molecule has 1 aromatic rings. The number of ether oxygens (including phenoxy) is 1. The molecule has 2 fully saturated rings. The summed E-state index contributed by atoms with van der Waals surface area (Å²) in [6, 6.07) is 4.44. The highest BCUT2D eigenvalue weighted by atomic mass is 16.6. The lowest BCUT2D eigenvalue weighted by Gasteiger charge is -2.34. The van der Waals surface area contributed by atoms with E-state index in [1.54, 1.807) is 6.07 Å². The fourth-order valence-electron chi connectivity index (χ4n) is 3.17. The second-order valence-corrected chi connectivity index (χ2v) is 5.98. The van der Waals surface area contributed by atoms with E-state index in [1.165, 1.54) is 38.5 Å². The first-order valence-corrected chi connectivity index (χ1v) is 7.16. The van der Waals surface area contributed by atoms with Crippen LogP contribution in [0.5, 0.6) is 0 Å². The summed E-state index contributed by atoms with van der Waals surface area (Å²) in [6.07, 6.45) is 4.65. The summed E-state index contributed by atoms with van der Waals surface area (Å²) < 4.78 is 4.70. The summed E-state index contributed by atoms with van der Waals surface area (Å²) in [4.78, 5) is 24.6. The molecule has 112 valence electrons. The maximum atomic E-state index is 11.7. The summed E-state index contributed by atoms with van der Waals surface area (Å²) in [5.41, 5.74) is 1.30. The third-order valence-electron chi connectivity index (χ3n) is 4.55. The maximum absolute atomic E-state index is 11.7. The van der Waals surface area contributed by atoms with Gasteiger partial charge >= 0.3 is 5.97 Å². The van der Waals surface area contributed by atoms with E-state index < -0.39 is 5.97 Å². The number of benzene rings is 1. The number of methoxy groups -OCH3 is 1. The van der Waals surface area contributed by atoms with Gasteiger partial charge in [-0.25, -0.2) is 4.79 Å². The molecule has 0 unspecified atom stereocenters. The number of hydrogen-bond acceptors (Lipinski definition) is 5. The fraction of sp³-hybridized carbons (Fsp3) is 0.533. The Hall–Kier alpha value is -2.11. The molecule has 1 saturated carbocycles. The van der Waals surface area contributed by atoms with Gasteiger partial charge < -0.3 is 9.64 Å². The van der Waals surface area contributed by atoms with Crippen molar-refractivity contribution in [1.82, 2.24) is 0 Å². The van der Waals surface area contributed by atoms with E-state index in [0.717, 1.165) is 19.5 Å². The highest BCUT2D eigenvalue weighted by molar-refractivity contribution is 5.91. The Balaban J connectivity index is 1.97. The van der Waals surface area contributed by atoms with Gasteiger partial charge in [-0.3, -0.25) is 10.1 Å². The lowest BCUT2D eigenvalue weighted by atomic mass is 9.94. The van der Waals surface area contributed by atoms with Crippen molar-refractivity contribution in [2.45, 2.75) is 25.7 Å². The molecule has 0 radical (unpaired) electrons. The van der Waals surface area contributed by atoms with Gasteiger partial charge in [0.1, 0.15) is 5.69 Å². The van der Waals surface area contributed by atoms with Crippen LogP contribution >= 0.6 is 0 Å². The second kappa shape index (κ2) is 5.02. The summed E-state index contributed by atoms with van der Waals surface area (Å²) in [7, 11) is 1.31. The highest BCUT2D eigenvalue weighted by Crippen LogP contribution is 2.53. The molecular weight excluding hydrogens is 272 g/mol. The number of carbonyl (C=O) groups excluding carboxylic acids is 1. The van der Waals surface area contributed by atoms with E-state index in [-0.39, 0.29) is 10.6 Å². The third kappa shape index (κ3) is 2.57. The first-order chi connectivity index (χ1) is 10.0. The van der Waals surface area contributed by atoms with Crippen LogP contribution in [-0.4, -0.2) is 31.1 Å². The van der Waals surface area contributed by atoms with Crippen LogP contribution in [0.3, 0.4) is 0 Å². The first kappa shape index (κ1) is 13.9. The van der Waals surface area contributed by atoms with Crippen LogP contribution in [-0.2, 0) is 4.74 Å². The van der Waals surface area contributed by atoms with Crippen molar-refractivity contribution in [3.05, 3.63) is 33.9 Å². The van der Waals surface area contributed by atoms with Crippen LogP contribution < -0.4 is 4.90 Å². The number of hydrogen-bond donors (Lipinski definition) is 0. The molecule has 6 nitrogen and oxygen atoms in total. The number of nitro groups is 1. The third-order valence-corrected chi connectivity index (χ3v) is 4.55. The van der Waals surface area contributed by atoms with Crippen molar-refractivity contribution in [2.75, 3.05) is 25.1 Å². The molecule has 0 aromatic heterocycles. The van der Waals surface area contributed by atoms with Crippen molar-refractivity contribution in [3.63, 3.8) is 0 Å². The average Bonchev–Trinajstić information content (AvgIpc) is 3.24. The van der Waals surface area contributed by atoms with Crippen molar-refractivity contribution >= 4 is 17.3 Å². The van der Waals surface area contributed by atoms with E-state index in [0.29, 0.717) is 16.7 Å². The van der Waals surface area contributed by atoms with E-state index in [1.807, 2.05) is 0 Å². The van der Waals surface area contributed by atoms with Gasteiger partial charge in [0.05, 0.1) is 17.6 Å². The summed E-state index contributed by atoms with van der Waals surface area (Å²) in [5.74, 6) is -0.468. The Morgan fingerprint density at radius 3 is 2.76 bits per heavy atom. The van der Waals surface area contributed by atoms with Crippen LogP contribution in [0.25, 0.3) is 0 Å². The number of rotatable bonds is 3. The molecule has 2 aliphatic rings. The van der Waals surface area contributed by atoms with Crippen molar-refractivity contribution < 1.29 is 14.5 Å². The minimum atomic E-state index is -0.468. The zero-order chi connectivity index (χ0) is 15.0. The fourth-order valence-corrected chi connectivity index (χ4v) is 3.17. The van der Waals surface area contributed by atoms with Gasteiger partial charge in [0.25, 0.3) is 5.69 Å². The Bertz CT molecular complexity index is 595. The topological polar surface area (TPSA) is 72.7 Å². The smallest absolute Gasteiger partial charge is 0.337 e. The van der Waals surface area contributed by atoms with Crippen LogP contribution in [0.15, 0.2) is 18.2 Å². The summed E-state index contributed by atoms with van der Waals surface area (Å²) >= 11 is 0. The second-order valence-electron chi connectivity index (χ2n) is 5.98. The largest absolute Gasteiger partial charge is 0.465 e. The molecule has 3 rings (SSSR count). The van der Waals surface area contributed by atoms with Gasteiger partial charge in [0.15, 0.2) is 0 Å². The predicted octanol–water partition coefficient (Wildman–Crippen LogP) is 2.76. The van der Waals surface area contributed by atoms with Crippen molar-refractivity contribution in [2.24, 2.45) is 5.41 Å². The molecule has 0 bridgehead atoms. The normalized spacial score (nSPS) is 19.4. The quantitative estimate of drug-likeness (QED) is 0.486. The first-order valence-electron chi connectivity index (χ1n) is 7.16. The summed E-state index contributed by atoms with van der Waals surface area (Å²) in [6.45, 7) is 1.64. The number of esters is 1. The van der Waals surface area contributed by atoms with Crippen LogP contribution in [0.4, 0.5) is 11.4 Å². The number of anilines is 1. The Morgan fingerprint density at radius 2 is 2.14 bits per heavy atom. The van der Waals surface area contributed by atoms with E-state index in [9.17, 15) is 14.9 Å². The van der Waals surface area contributed by atoms with E-state index >= 15 is 0 Å². The van der Waals surface area contributed by atoms with Gasteiger partial charge in [-0.05, 0) is 43.2 Å². The molecule has 0 N–H and O–H groups in total. The maximum Gasteiger partial charge on any atom is 0.337 e. The lowest BCUT2D eigenvalue weighted by Crippen LogP contribution is -2.36.